The molecular weight excluding hydrogens is 403 g/mol. The summed E-state index contributed by atoms with van der Waals surface area (Å²) in [6, 6.07) is 7.20. The second-order valence-corrected chi connectivity index (χ2v) is 8.46. The number of likely N-dealkylation sites (N-methyl/N-ethyl adjacent to an activating group) is 2. The molecule has 1 aliphatic carbocycles. The van der Waals surface area contributed by atoms with Gasteiger partial charge in [-0.3, -0.25) is 4.79 Å². The van der Waals surface area contributed by atoms with Crippen molar-refractivity contribution >= 4 is 44.8 Å². The van der Waals surface area contributed by atoms with Crippen LogP contribution < -0.4 is 21.3 Å². The molecule has 3 aromatic rings. The summed E-state index contributed by atoms with van der Waals surface area (Å²) in [5.74, 6) is -0.849. The van der Waals surface area contributed by atoms with Gasteiger partial charge in [0.05, 0.1) is 21.3 Å². The second-order valence-electron chi connectivity index (χ2n) is 7.57. The molecule has 2 unspecified atom stereocenters. The van der Waals surface area contributed by atoms with E-state index in [9.17, 15) is 9.18 Å². The van der Waals surface area contributed by atoms with Crippen LogP contribution in [0.5, 0.6) is 0 Å². The summed E-state index contributed by atoms with van der Waals surface area (Å²) in [6.07, 6.45) is 4.23. The minimum Gasteiger partial charge on any atom is -0.365 e. The normalized spacial score (nSPS) is 19.0. The number of thiazole rings is 1. The Morgan fingerprint density at radius 3 is 2.87 bits per heavy atom. The number of primary amides is 1. The van der Waals surface area contributed by atoms with Crippen LogP contribution in [0.25, 0.3) is 10.2 Å². The Morgan fingerprint density at radius 1 is 1.30 bits per heavy atom. The smallest absolute Gasteiger partial charge is 0.252 e. The van der Waals surface area contributed by atoms with Gasteiger partial charge < -0.3 is 21.3 Å². The number of nitrogens with zero attached hydrogens (tertiary/aromatic N) is 3. The van der Waals surface area contributed by atoms with Crippen LogP contribution in [0.2, 0.25) is 0 Å². The van der Waals surface area contributed by atoms with Gasteiger partial charge in [0.2, 0.25) is 0 Å². The van der Waals surface area contributed by atoms with E-state index in [1.54, 1.807) is 5.51 Å². The molecule has 7 nitrogen and oxygen atoms in total. The number of benzene rings is 1. The number of rotatable bonds is 6. The van der Waals surface area contributed by atoms with E-state index >= 15 is 0 Å². The number of anilines is 3. The maximum absolute atomic E-state index is 15.0. The van der Waals surface area contributed by atoms with Crippen LogP contribution in [0.15, 0.2) is 29.8 Å². The number of carbonyl (C=O) groups is 1. The van der Waals surface area contributed by atoms with Crippen LogP contribution in [0.3, 0.4) is 0 Å². The third kappa shape index (κ3) is 3.95. The largest absolute Gasteiger partial charge is 0.365 e. The minimum absolute atomic E-state index is 0.0165. The van der Waals surface area contributed by atoms with Crippen molar-refractivity contribution < 1.29 is 9.18 Å². The predicted octanol–water partition coefficient (Wildman–Crippen LogP) is 3.64. The fourth-order valence-electron chi connectivity index (χ4n) is 4.15. The lowest BCUT2D eigenvalue weighted by Crippen LogP contribution is -2.50. The molecular formula is C21H25FN6OS. The van der Waals surface area contributed by atoms with Gasteiger partial charge in [-0.15, -0.1) is 11.3 Å². The molecule has 1 aromatic carbocycles. The van der Waals surface area contributed by atoms with Gasteiger partial charge in [-0.05, 0) is 44.2 Å². The molecule has 1 fully saturated rings. The van der Waals surface area contributed by atoms with Crippen molar-refractivity contribution in [2.75, 3.05) is 24.3 Å². The Labute approximate surface area is 178 Å². The molecule has 1 aliphatic rings. The average molecular weight is 429 g/mol. The molecule has 9 heteroatoms. The summed E-state index contributed by atoms with van der Waals surface area (Å²) in [7, 11) is 3.78. The van der Waals surface area contributed by atoms with Crippen molar-refractivity contribution in [3.8, 4) is 0 Å². The van der Waals surface area contributed by atoms with Gasteiger partial charge in [0.1, 0.15) is 5.82 Å². The van der Waals surface area contributed by atoms with Crippen molar-refractivity contribution in [2.45, 2.75) is 37.8 Å². The number of aromatic nitrogens is 2. The van der Waals surface area contributed by atoms with Gasteiger partial charge in [0.25, 0.3) is 5.91 Å². The molecule has 30 heavy (non-hydrogen) atoms. The lowest BCUT2D eigenvalue weighted by Gasteiger charge is -2.38. The third-order valence-electron chi connectivity index (χ3n) is 5.75. The number of halogens is 1. The van der Waals surface area contributed by atoms with Gasteiger partial charge in [0, 0.05) is 24.8 Å². The predicted molar refractivity (Wildman–Crippen MR) is 119 cm³/mol. The molecule has 0 aliphatic heterocycles. The maximum atomic E-state index is 15.0. The number of hydrogen-bond donors (Lipinski definition) is 3. The highest BCUT2D eigenvalue weighted by Gasteiger charge is 2.30. The minimum atomic E-state index is -0.734. The summed E-state index contributed by atoms with van der Waals surface area (Å²) in [5, 5.41) is 6.48. The van der Waals surface area contributed by atoms with Gasteiger partial charge in [-0.25, -0.2) is 14.4 Å². The van der Waals surface area contributed by atoms with E-state index < -0.39 is 11.7 Å². The maximum Gasteiger partial charge on any atom is 0.252 e. The molecule has 4 N–H and O–H groups in total. The number of nitrogens with two attached hydrogens (primary N) is 1. The van der Waals surface area contributed by atoms with E-state index in [1.165, 1.54) is 17.4 Å². The summed E-state index contributed by atoms with van der Waals surface area (Å²) < 4.78 is 16.0. The van der Waals surface area contributed by atoms with Crippen molar-refractivity contribution in [3.63, 3.8) is 0 Å². The van der Waals surface area contributed by atoms with Crippen LogP contribution in [-0.4, -0.2) is 42.1 Å². The molecule has 2 heterocycles. The summed E-state index contributed by atoms with van der Waals surface area (Å²) >= 11 is 1.52. The van der Waals surface area contributed by atoms with Gasteiger partial charge in [0.15, 0.2) is 11.6 Å². The molecule has 0 bridgehead atoms. The lowest BCUT2D eigenvalue weighted by atomic mass is 9.89. The van der Waals surface area contributed by atoms with Crippen LogP contribution in [-0.2, 0) is 0 Å². The molecule has 2 atom stereocenters. The molecule has 1 amide bonds. The zero-order valence-corrected chi connectivity index (χ0v) is 17.8. The Bertz CT molecular complexity index is 1070. The van der Waals surface area contributed by atoms with Crippen LogP contribution in [0.4, 0.5) is 21.7 Å². The van der Waals surface area contributed by atoms with Crippen molar-refractivity contribution in [1.82, 2.24) is 15.3 Å². The van der Waals surface area contributed by atoms with Crippen molar-refractivity contribution in [2.24, 2.45) is 5.73 Å². The number of nitrogens with one attached hydrogen (secondary N) is 2. The number of hydrogen-bond acceptors (Lipinski definition) is 7. The Hall–Kier alpha value is -2.78. The quantitative estimate of drug-likeness (QED) is 0.555. The van der Waals surface area contributed by atoms with Gasteiger partial charge in [-0.2, -0.15) is 0 Å². The van der Waals surface area contributed by atoms with Crippen LogP contribution >= 0.6 is 11.3 Å². The molecule has 0 radical (unpaired) electrons. The first kappa shape index (κ1) is 20.5. The van der Waals surface area contributed by atoms with E-state index in [4.69, 9.17) is 5.73 Å². The van der Waals surface area contributed by atoms with Crippen molar-refractivity contribution in [1.29, 1.82) is 0 Å². The fourth-order valence-corrected chi connectivity index (χ4v) is 4.86. The SMILES string of the molecule is CNC1CCCCC1N(C)c1nc(Nc2ccc3ncsc3c2)c(C(N)=O)cc1F. The number of fused-ring (bicyclic) bond motifs is 1. The zero-order valence-electron chi connectivity index (χ0n) is 17.0. The average Bonchev–Trinajstić information content (AvgIpc) is 3.22. The second kappa shape index (κ2) is 8.53. The van der Waals surface area contributed by atoms with Crippen LogP contribution in [0, 0.1) is 5.82 Å². The zero-order chi connectivity index (χ0) is 21.3. The van der Waals surface area contributed by atoms with Crippen LogP contribution in [0.1, 0.15) is 36.0 Å². The van der Waals surface area contributed by atoms with Gasteiger partial charge in [-0.1, -0.05) is 12.8 Å². The standard InChI is InChI=1S/C21H25FN6OS/c1-24-15-5-3-4-6-17(15)28(2)21-14(22)10-13(19(23)29)20(27-21)26-12-7-8-16-18(9-12)30-11-25-16/h7-11,15,17,24H,3-6H2,1-2H3,(H2,23,29)(H,26,27). The monoisotopic (exact) mass is 428 g/mol. The van der Waals surface area contributed by atoms with Gasteiger partial charge >= 0.3 is 0 Å². The van der Waals surface area contributed by atoms with E-state index in [-0.39, 0.29) is 29.3 Å². The van der Waals surface area contributed by atoms with E-state index in [0.717, 1.165) is 41.6 Å². The van der Waals surface area contributed by atoms with E-state index in [1.807, 2.05) is 37.2 Å². The number of pyridine rings is 1. The first-order valence-electron chi connectivity index (χ1n) is 9.98. The molecule has 0 spiro atoms. The Morgan fingerprint density at radius 2 is 2.10 bits per heavy atom. The molecule has 0 saturated heterocycles. The molecule has 1 saturated carbocycles. The summed E-state index contributed by atoms with van der Waals surface area (Å²) in [4.78, 5) is 22.6. The summed E-state index contributed by atoms with van der Waals surface area (Å²) in [5.41, 5.74) is 8.92. The van der Waals surface area contributed by atoms with Crippen molar-refractivity contribution in [3.05, 3.63) is 41.2 Å². The Balaban J connectivity index is 1.70. The van der Waals surface area contributed by atoms with E-state index in [2.05, 4.69) is 20.6 Å². The first-order valence-corrected chi connectivity index (χ1v) is 10.9. The Kier molecular flexibility index (Phi) is 5.83. The summed E-state index contributed by atoms with van der Waals surface area (Å²) in [6.45, 7) is 0. The highest BCUT2D eigenvalue weighted by Crippen LogP contribution is 2.31. The highest BCUT2D eigenvalue weighted by molar-refractivity contribution is 7.16. The third-order valence-corrected chi connectivity index (χ3v) is 6.54. The lowest BCUT2D eigenvalue weighted by molar-refractivity contribution is 0.100. The molecule has 158 valence electrons. The topological polar surface area (TPSA) is 96.2 Å². The molecule has 2 aromatic heterocycles. The van der Waals surface area contributed by atoms with E-state index in [0.29, 0.717) is 0 Å². The fraction of sp³-hybridized carbons (Fsp3) is 0.381. The molecule has 4 rings (SSSR count). The first-order chi connectivity index (χ1) is 14.5. The number of carbonyl (C=O) groups excluding carboxylic acids is 1. The number of amides is 1. The highest BCUT2D eigenvalue weighted by atomic mass is 32.1.